The van der Waals surface area contributed by atoms with Crippen molar-refractivity contribution in [2.45, 2.75) is 38.0 Å². The molecule has 0 unspecified atom stereocenters. The van der Waals surface area contributed by atoms with Gasteiger partial charge >= 0.3 is 5.76 Å². The molecule has 0 radical (unpaired) electrons. The van der Waals surface area contributed by atoms with E-state index in [-0.39, 0.29) is 17.8 Å². The number of nitrogens with one attached hydrogen (secondary N) is 1. The van der Waals surface area contributed by atoms with Gasteiger partial charge in [0.15, 0.2) is 0 Å². The summed E-state index contributed by atoms with van der Waals surface area (Å²) < 4.78 is 48.1. The van der Waals surface area contributed by atoms with Crippen molar-refractivity contribution in [2.75, 3.05) is 0 Å². The van der Waals surface area contributed by atoms with E-state index >= 15 is 0 Å². The Labute approximate surface area is 93.3 Å². The molecule has 0 aliphatic heterocycles. The molecule has 0 aliphatic rings. The van der Waals surface area contributed by atoms with Crippen LogP contribution in [0.25, 0.3) is 0 Å². The molecule has 0 aromatic rings. The lowest BCUT2D eigenvalue weighted by atomic mass is 9.94. The Morgan fingerprint density at radius 1 is 1.47 bits per heavy atom. The first-order valence-electron chi connectivity index (χ1n) is 4.32. The van der Waals surface area contributed by atoms with Gasteiger partial charge in [0.25, 0.3) is 10.0 Å². The molecule has 0 aromatic carbocycles. The van der Waals surface area contributed by atoms with E-state index in [1.807, 2.05) is 4.72 Å². The molecular formula is C7H14F2N2O2S2. The highest BCUT2D eigenvalue weighted by Gasteiger charge is 2.37. The van der Waals surface area contributed by atoms with Gasteiger partial charge in [-0.05, 0) is 12.8 Å². The fraction of sp³-hybridized carbons (Fsp3) is 0.857. The lowest BCUT2D eigenvalue weighted by molar-refractivity contribution is 0.229. The summed E-state index contributed by atoms with van der Waals surface area (Å²) in [4.78, 5) is -0.128. The van der Waals surface area contributed by atoms with Gasteiger partial charge in [0, 0.05) is 0 Å². The average molecular weight is 260 g/mol. The molecule has 90 valence electrons. The molecule has 0 atom stereocenters. The van der Waals surface area contributed by atoms with Gasteiger partial charge in [-0.1, -0.05) is 26.1 Å². The SMILES string of the molecule is CCC(CC)(NS(=O)(=O)C(F)F)C(N)=S. The van der Waals surface area contributed by atoms with Crippen molar-refractivity contribution in [3.63, 3.8) is 0 Å². The molecule has 0 heterocycles. The number of thiocarbonyl (C=S) groups is 1. The Bertz CT molecular complexity index is 326. The molecule has 0 amide bonds. The van der Waals surface area contributed by atoms with Crippen LogP contribution in [0, 0.1) is 0 Å². The maximum Gasteiger partial charge on any atom is 0.350 e. The third-order valence-electron chi connectivity index (χ3n) is 2.25. The summed E-state index contributed by atoms with van der Waals surface area (Å²) in [6.07, 6.45) is 0.454. The van der Waals surface area contributed by atoms with Crippen molar-refractivity contribution in [3.8, 4) is 0 Å². The largest absolute Gasteiger partial charge is 0.392 e. The Morgan fingerprint density at radius 2 is 1.87 bits per heavy atom. The molecule has 0 spiro atoms. The maximum absolute atomic E-state index is 12.1. The Kier molecular flexibility index (Phi) is 5.01. The van der Waals surface area contributed by atoms with Crippen LogP contribution in [-0.4, -0.2) is 24.7 Å². The molecule has 0 aromatic heterocycles. The van der Waals surface area contributed by atoms with E-state index in [1.165, 1.54) is 0 Å². The summed E-state index contributed by atoms with van der Waals surface area (Å²) in [7, 11) is -4.68. The van der Waals surface area contributed by atoms with E-state index in [0.29, 0.717) is 0 Å². The zero-order valence-electron chi connectivity index (χ0n) is 8.46. The van der Waals surface area contributed by atoms with E-state index in [1.54, 1.807) is 13.8 Å². The lowest BCUT2D eigenvalue weighted by Crippen LogP contribution is -2.56. The summed E-state index contributed by atoms with van der Waals surface area (Å²) in [5, 5.41) is 0. The Morgan fingerprint density at radius 3 is 2.07 bits per heavy atom. The van der Waals surface area contributed by atoms with Crippen LogP contribution in [-0.2, 0) is 10.0 Å². The van der Waals surface area contributed by atoms with Gasteiger partial charge in [-0.2, -0.15) is 13.5 Å². The van der Waals surface area contributed by atoms with Gasteiger partial charge in [-0.15, -0.1) is 0 Å². The van der Waals surface area contributed by atoms with Gasteiger partial charge in [0.1, 0.15) is 0 Å². The highest BCUT2D eigenvalue weighted by molar-refractivity contribution is 7.90. The standard InChI is InChI=1S/C7H14F2N2O2S2/c1-3-7(4-2,5(10)14)11-15(12,13)6(8)9/h6,11H,3-4H2,1-2H3,(H2,10,14). The number of hydrogen-bond donors (Lipinski definition) is 2. The summed E-state index contributed by atoms with van der Waals surface area (Å²) in [6.45, 7) is 3.24. The number of sulfonamides is 1. The minimum Gasteiger partial charge on any atom is -0.392 e. The summed E-state index contributed by atoms with van der Waals surface area (Å²) in [6, 6.07) is 0. The first-order valence-corrected chi connectivity index (χ1v) is 6.28. The van der Waals surface area contributed by atoms with Crippen molar-refractivity contribution in [3.05, 3.63) is 0 Å². The average Bonchev–Trinajstić information content (AvgIpc) is 2.13. The van der Waals surface area contributed by atoms with Crippen molar-refractivity contribution in [2.24, 2.45) is 5.73 Å². The third kappa shape index (κ3) is 3.32. The minimum absolute atomic E-state index is 0.128. The van der Waals surface area contributed by atoms with Crippen LogP contribution in [0.15, 0.2) is 0 Å². The van der Waals surface area contributed by atoms with Crippen LogP contribution in [0.2, 0.25) is 0 Å². The first kappa shape index (κ1) is 14.7. The highest BCUT2D eigenvalue weighted by Crippen LogP contribution is 2.19. The van der Waals surface area contributed by atoms with Crippen LogP contribution in [0.5, 0.6) is 0 Å². The predicted molar refractivity (Wildman–Crippen MR) is 58.2 cm³/mol. The number of hydrogen-bond acceptors (Lipinski definition) is 3. The van der Waals surface area contributed by atoms with E-state index < -0.39 is 21.3 Å². The minimum atomic E-state index is -4.68. The summed E-state index contributed by atoms with van der Waals surface area (Å²) >= 11 is 4.69. The first-order chi connectivity index (χ1) is 6.72. The van der Waals surface area contributed by atoms with Crippen LogP contribution in [0.3, 0.4) is 0 Å². The van der Waals surface area contributed by atoms with Crippen LogP contribution in [0.1, 0.15) is 26.7 Å². The Balaban J connectivity index is 5.09. The van der Waals surface area contributed by atoms with E-state index in [0.717, 1.165) is 0 Å². The van der Waals surface area contributed by atoms with Crippen LogP contribution in [0.4, 0.5) is 8.78 Å². The normalized spacial score (nSPS) is 13.1. The molecule has 4 nitrogen and oxygen atoms in total. The molecule has 0 fully saturated rings. The zero-order chi connectivity index (χ0) is 12.3. The van der Waals surface area contributed by atoms with Crippen molar-refractivity contribution >= 4 is 27.2 Å². The number of rotatable bonds is 6. The Hall–Kier alpha value is -0.340. The monoisotopic (exact) mass is 260 g/mol. The molecule has 0 saturated heterocycles. The maximum atomic E-state index is 12.1. The molecule has 0 aliphatic carbocycles. The topological polar surface area (TPSA) is 72.2 Å². The van der Waals surface area contributed by atoms with Gasteiger partial charge in [0.05, 0.1) is 10.5 Å². The second kappa shape index (κ2) is 5.13. The third-order valence-corrected chi connectivity index (χ3v) is 3.79. The van der Waals surface area contributed by atoms with Crippen molar-refractivity contribution in [1.82, 2.24) is 4.72 Å². The van der Waals surface area contributed by atoms with Crippen molar-refractivity contribution in [1.29, 1.82) is 0 Å². The fourth-order valence-corrected chi connectivity index (χ4v) is 2.55. The summed E-state index contributed by atoms with van der Waals surface area (Å²) in [5.41, 5.74) is 4.10. The number of nitrogens with two attached hydrogens (primary N) is 1. The van der Waals surface area contributed by atoms with E-state index in [9.17, 15) is 17.2 Å². The van der Waals surface area contributed by atoms with Gasteiger partial charge in [-0.3, -0.25) is 0 Å². The van der Waals surface area contributed by atoms with Crippen molar-refractivity contribution < 1.29 is 17.2 Å². The molecular weight excluding hydrogens is 246 g/mol. The molecule has 15 heavy (non-hydrogen) atoms. The molecule has 0 rings (SSSR count). The highest BCUT2D eigenvalue weighted by atomic mass is 32.2. The van der Waals surface area contributed by atoms with Gasteiger partial charge < -0.3 is 5.73 Å². The predicted octanol–water partition coefficient (Wildman–Crippen LogP) is 0.973. The van der Waals surface area contributed by atoms with Crippen LogP contribution < -0.4 is 10.5 Å². The van der Waals surface area contributed by atoms with E-state index in [4.69, 9.17) is 5.73 Å². The van der Waals surface area contributed by atoms with Crippen LogP contribution >= 0.6 is 12.2 Å². The smallest absolute Gasteiger partial charge is 0.350 e. The van der Waals surface area contributed by atoms with E-state index in [2.05, 4.69) is 12.2 Å². The van der Waals surface area contributed by atoms with Gasteiger partial charge in [0.2, 0.25) is 0 Å². The second-order valence-electron chi connectivity index (χ2n) is 3.06. The molecule has 8 heteroatoms. The molecule has 3 N–H and O–H groups in total. The lowest BCUT2D eigenvalue weighted by Gasteiger charge is -2.30. The number of alkyl halides is 2. The molecule has 0 saturated carbocycles. The number of halogens is 2. The second-order valence-corrected chi connectivity index (χ2v) is 5.15. The quantitative estimate of drug-likeness (QED) is 0.698. The zero-order valence-corrected chi connectivity index (χ0v) is 10.1. The summed E-state index contributed by atoms with van der Waals surface area (Å²) in [5.74, 6) is -3.48. The molecule has 0 bridgehead atoms. The van der Waals surface area contributed by atoms with Gasteiger partial charge in [-0.25, -0.2) is 8.42 Å². The fourth-order valence-electron chi connectivity index (χ4n) is 1.11.